The van der Waals surface area contributed by atoms with Gasteiger partial charge in [-0.2, -0.15) is 5.10 Å². The molecule has 2 aromatic heterocycles. The summed E-state index contributed by atoms with van der Waals surface area (Å²) in [6.45, 7) is 0. The van der Waals surface area contributed by atoms with Crippen molar-refractivity contribution in [2.45, 2.75) is 5.88 Å². The molecule has 0 amide bonds. The molecule has 0 atom stereocenters. The van der Waals surface area contributed by atoms with E-state index in [-0.39, 0.29) is 5.82 Å². The molecule has 0 fully saturated rings. The van der Waals surface area contributed by atoms with E-state index in [4.69, 9.17) is 11.6 Å². The largest absolute Gasteiger partial charge is 0.237 e. The Morgan fingerprint density at radius 3 is 2.71 bits per heavy atom. The number of nitrogens with zero attached hydrogens (tertiary/aromatic N) is 3. The highest BCUT2D eigenvalue weighted by atomic mass is 35.5. The van der Waals surface area contributed by atoms with Gasteiger partial charge in [0.05, 0.1) is 12.4 Å². The molecule has 2 rings (SSSR count). The van der Waals surface area contributed by atoms with Crippen LogP contribution in [0.4, 0.5) is 4.39 Å². The highest BCUT2D eigenvalue weighted by Gasteiger charge is 2.00. The van der Waals surface area contributed by atoms with Crippen LogP contribution >= 0.6 is 11.6 Å². The summed E-state index contributed by atoms with van der Waals surface area (Å²) in [6, 6.07) is 3.57. The first-order valence-electron chi connectivity index (χ1n) is 4.01. The van der Waals surface area contributed by atoms with Crippen LogP contribution in [0.25, 0.3) is 5.82 Å². The molecule has 14 heavy (non-hydrogen) atoms. The van der Waals surface area contributed by atoms with E-state index in [9.17, 15) is 4.39 Å². The number of pyridine rings is 1. The zero-order valence-corrected chi connectivity index (χ0v) is 7.95. The lowest BCUT2D eigenvalue weighted by molar-refractivity contribution is 0.627. The molecule has 72 valence electrons. The summed E-state index contributed by atoms with van der Waals surface area (Å²) in [5.41, 5.74) is 0.919. The molecule has 0 saturated carbocycles. The van der Waals surface area contributed by atoms with Crippen molar-refractivity contribution in [3.8, 4) is 5.82 Å². The predicted octanol–water partition coefficient (Wildman–Crippen LogP) is 2.15. The molecule has 0 saturated heterocycles. The van der Waals surface area contributed by atoms with E-state index in [2.05, 4.69) is 10.1 Å². The SMILES string of the molecule is Fc1cnn(-c2ccc(CCl)cn2)c1. The minimum absolute atomic E-state index is 0.381. The number of alkyl halides is 1. The number of hydrogen-bond acceptors (Lipinski definition) is 2. The van der Waals surface area contributed by atoms with Gasteiger partial charge in [-0.15, -0.1) is 11.6 Å². The second-order valence-corrected chi connectivity index (χ2v) is 3.03. The number of aromatic nitrogens is 3. The first-order chi connectivity index (χ1) is 6.79. The first-order valence-corrected chi connectivity index (χ1v) is 4.54. The summed E-state index contributed by atoms with van der Waals surface area (Å²) in [6.07, 6.45) is 4.04. The van der Waals surface area contributed by atoms with Crippen LogP contribution in [0.3, 0.4) is 0 Å². The number of rotatable bonds is 2. The van der Waals surface area contributed by atoms with Gasteiger partial charge in [0, 0.05) is 12.1 Å². The molecule has 0 aliphatic heterocycles. The average Bonchev–Trinajstić information content (AvgIpc) is 2.65. The molecule has 0 aromatic carbocycles. The van der Waals surface area contributed by atoms with Crippen molar-refractivity contribution in [2.75, 3.05) is 0 Å². The molecule has 3 nitrogen and oxygen atoms in total. The van der Waals surface area contributed by atoms with Crippen molar-refractivity contribution in [1.82, 2.24) is 14.8 Å². The minimum Gasteiger partial charge on any atom is -0.237 e. The Morgan fingerprint density at radius 2 is 2.21 bits per heavy atom. The fourth-order valence-corrected chi connectivity index (χ4v) is 1.22. The molecule has 0 aliphatic rings. The molecule has 0 N–H and O–H groups in total. The third-order valence-electron chi connectivity index (χ3n) is 1.75. The van der Waals surface area contributed by atoms with Gasteiger partial charge >= 0.3 is 0 Å². The van der Waals surface area contributed by atoms with Crippen molar-refractivity contribution in [2.24, 2.45) is 0 Å². The lowest BCUT2D eigenvalue weighted by Gasteiger charge is -1.99. The molecule has 0 bridgehead atoms. The Kier molecular flexibility index (Phi) is 2.45. The lowest BCUT2D eigenvalue weighted by atomic mass is 10.3. The normalized spacial score (nSPS) is 10.4. The highest BCUT2D eigenvalue weighted by Crippen LogP contribution is 2.07. The van der Waals surface area contributed by atoms with Gasteiger partial charge in [-0.1, -0.05) is 6.07 Å². The number of halogens is 2. The fraction of sp³-hybridized carbons (Fsp3) is 0.111. The van der Waals surface area contributed by atoms with Gasteiger partial charge in [-0.05, 0) is 11.6 Å². The molecule has 0 radical (unpaired) electrons. The Hall–Kier alpha value is -1.42. The number of hydrogen-bond donors (Lipinski definition) is 0. The van der Waals surface area contributed by atoms with Crippen molar-refractivity contribution in [3.05, 3.63) is 42.1 Å². The summed E-state index contributed by atoms with van der Waals surface area (Å²) in [4.78, 5) is 4.08. The maximum atomic E-state index is 12.6. The second kappa shape index (κ2) is 3.75. The molecule has 5 heteroatoms. The van der Waals surface area contributed by atoms with Crippen LogP contribution in [-0.2, 0) is 5.88 Å². The molecule has 0 unspecified atom stereocenters. The zero-order valence-electron chi connectivity index (χ0n) is 7.19. The van der Waals surface area contributed by atoms with Crippen LogP contribution in [0.2, 0.25) is 0 Å². The Morgan fingerprint density at radius 1 is 1.36 bits per heavy atom. The van der Waals surface area contributed by atoms with E-state index >= 15 is 0 Å². The van der Waals surface area contributed by atoms with Gasteiger partial charge in [0.2, 0.25) is 0 Å². The van der Waals surface area contributed by atoms with E-state index in [0.29, 0.717) is 11.7 Å². The Labute approximate surface area is 85.1 Å². The molecular formula is C9H7ClFN3. The van der Waals surface area contributed by atoms with Crippen LogP contribution in [0.15, 0.2) is 30.7 Å². The quantitative estimate of drug-likeness (QED) is 0.713. The molecule has 0 spiro atoms. The summed E-state index contributed by atoms with van der Waals surface area (Å²) < 4.78 is 14.0. The zero-order chi connectivity index (χ0) is 9.97. The minimum atomic E-state index is -0.381. The van der Waals surface area contributed by atoms with Gasteiger partial charge in [0.25, 0.3) is 0 Å². The van der Waals surface area contributed by atoms with E-state index < -0.39 is 0 Å². The van der Waals surface area contributed by atoms with E-state index in [1.165, 1.54) is 10.9 Å². The second-order valence-electron chi connectivity index (χ2n) is 2.76. The molecule has 0 aliphatic carbocycles. The van der Waals surface area contributed by atoms with Crippen molar-refractivity contribution in [1.29, 1.82) is 0 Å². The molecular weight excluding hydrogens is 205 g/mol. The molecule has 2 heterocycles. The summed E-state index contributed by atoms with van der Waals surface area (Å²) in [5, 5.41) is 3.79. The van der Waals surface area contributed by atoms with Crippen LogP contribution in [0, 0.1) is 5.82 Å². The van der Waals surface area contributed by atoms with Gasteiger partial charge in [0.15, 0.2) is 11.6 Å². The smallest absolute Gasteiger partial charge is 0.161 e. The first kappa shape index (κ1) is 9.15. The van der Waals surface area contributed by atoms with Gasteiger partial charge in [-0.3, -0.25) is 0 Å². The van der Waals surface area contributed by atoms with Gasteiger partial charge < -0.3 is 0 Å². The summed E-state index contributed by atoms with van der Waals surface area (Å²) >= 11 is 5.61. The van der Waals surface area contributed by atoms with E-state index in [1.54, 1.807) is 12.3 Å². The third kappa shape index (κ3) is 1.75. The van der Waals surface area contributed by atoms with E-state index in [1.807, 2.05) is 6.07 Å². The van der Waals surface area contributed by atoms with Gasteiger partial charge in [0.1, 0.15) is 0 Å². The predicted molar refractivity (Wildman–Crippen MR) is 50.9 cm³/mol. The summed E-state index contributed by atoms with van der Waals surface area (Å²) in [7, 11) is 0. The van der Waals surface area contributed by atoms with Gasteiger partial charge in [-0.25, -0.2) is 14.1 Å². The Bertz CT molecular complexity index is 424. The molecule has 2 aromatic rings. The topological polar surface area (TPSA) is 30.7 Å². The highest BCUT2D eigenvalue weighted by molar-refractivity contribution is 6.17. The van der Waals surface area contributed by atoms with Crippen molar-refractivity contribution in [3.63, 3.8) is 0 Å². The van der Waals surface area contributed by atoms with Crippen LogP contribution in [0.5, 0.6) is 0 Å². The van der Waals surface area contributed by atoms with Crippen molar-refractivity contribution < 1.29 is 4.39 Å². The third-order valence-corrected chi connectivity index (χ3v) is 2.06. The average molecular weight is 212 g/mol. The van der Waals surface area contributed by atoms with Crippen LogP contribution in [0.1, 0.15) is 5.56 Å². The summed E-state index contributed by atoms with van der Waals surface area (Å²) in [5.74, 6) is 0.608. The van der Waals surface area contributed by atoms with E-state index in [0.717, 1.165) is 11.8 Å². The Balaban J connectivity index is 2.33. The van der Waals surface area contributed by atoms with Crippen LogP contribution < -0.4 is 0 Å². The van der Waals surface area contributed by atoms with Crippen LogP contribution in [-0.4, -0.2) is 14.8 Å². The standard InChI is InChI=1S/C9H7ClFN3/c10-3-7-1-2-9(12-4-7)14-6-8(11)5-13-14/h1-2,4-6H,3H2. The fourth-order valence-electron chi connectivity index (χ4n) is 1.06. The van der Waals surface area contributed by atoms with Crippen molar-refractivity contribution >= 4 is 11.6 Å². The maximum absolute atomic E-state index is 12.6. The maximum Gasteiger partial charge on any atom is 0.161 e. The lowest BCUT2D eigenvalue weighted by Crippen LogP contribution is -1.97. The monoisotopic (exact) mass is 211 g/mol.